The van der Waals surface area contributed by atoms with Crippen LogP contribution in [-0.4, -0.2) is 0 Å². The zero-order chi connectivity index (χ0) is 18.5. The number of benzene rings is 1. The number of nitrogens with one attached hydrogen (secondary N) is 1. The van der Waals surface area contributed by atoms with Crippen LogP contribution in [0, 0.1) is 16.7 Å². The van der Waals surface area contributed by atoms with E-state index in [2.05, 4.69) is 84.1 Å². The summed E-state index contributed by atoms with van der Waals surface area (Å²) in [4.78, 5) is 0. The molecule has 0 saturated carbocycles. The maximum Gasteiger partial charge on any atom is 0.110 e. The highest BCUT2D eigenvalue weighted by molar-refractivity contribution is 5.51. The predicted octanol–water partition coefficient (Wildman–Crippen LogP) is 6.61. The van der Waals surface area contributed by atoms with Gasteiger partial charge in [0, 0.05) is 17.0 Å². The highest BCUT2D eigenvalue weighted by atomic mass is 16.5. The lowest BCUT2D eigenvalue weighted by molar-refractivity contribution is 0.211. The summed E-state index contributed by atoms with van der Waals surface area (Å²) in [5, 5.41) is 3.62. The molecule has 2 heteroatoms. The van der Waals surface area contributed by atoms with Gasteiger partial charge in [0.25, 0.3) is 0 Å². The molecule has 0 aromatic heterocycles. The van der Waals surface area contributed by atoms with E-state index in [0.29, 0.717) is 5.92 Å². The van der Waals surface area contributed by atoms with Gasteiger partial charge in [0.2, 0.25) is 0 Å². The van der Waals surface area contributed by atoms with Gasteiger partial charge in [-0.05, 0) is 47.4 Å². The summed E-state index contributed by atoms with van der Waals surface area (Å²) in [5.74, 6) is 1.48. The van der Waals surface area contributed by atoms with E-state index in [-0.39, 0.29) is 16.2 Å². The summed E-state index contributed by atoms with van der Waals surface area (Å²) in [6, 6.07) is 8.78. The average Bonchev–Trinajstić information content (AvgIpc) is 2.59. The Hall–Kier alpha value is -1.70. The summed E-state index contributed by atoms with van der Waals surface area (Å²) in [6.07, 6.45) is 6.63. The zero-order valence-corrected chi connectivity index (χ0v) is 16.9. The molecule has 1 heterocycles. The minimum atomic E-state index is 0.113. The molecule has 0 radical (unpaired) electrons. The van der Waals surface area contributed by atoms with E-state index in [1.54, 1.807) is 0 Å². The Bertz CT molecular complexity index is 699. The molecular formula is C23H33NO. The summed E-state index contributed by atoms with van der Waals surface area (Å²) in [6.45, 7) is 16.1. The predicted molar refractivity (Wildman–Crippen MR) is 106 cm³/mol. The second kappa shape index (κ2) is 5.93. The van der Waals surface area contributed by atoms with Gasteiger partial charge in [0.1, 0.15) is 12.0 Å². The molecule has 0 spiro atoms. The molecule has 1 aliphatic carbocycles. The van der Waals surface area contributed by atoms with Crippen molar-refractivity contribution in [2.45, 2.75) is 66.7 Å². The lowest BCUT2D eigenvalue weighted by atomic mass is 9.74. The quantitative estimate of drug-likeness (QED) is 0.654. The van der Waals surface area contributed by atoms with E-state index in [9.17, 15) is 0 Å². The third kappa shape index (κ3) is 3.63. The number of rotatable bonds is 2. The summed E-state index contributed by atoms with van der Waals surface area (Å²) in [7, 11) is 0. The maximum absolute atomic E-state index is 6.04. The Kier molecular flexibility index (Phi) is 4.29. The van der Waals surface area contributed by atoms with Crippen LogP contribution >= 0.6 is 0 Å². The topological polar surface area (TPSA) is 21.3 Å². The van der Waals surface area contributed by atoms with Crippen molar-refractivity contribution in [3.8, 4) is 0 Å². The first kappa shape index (κ1) is 18.1. The van der Waals surface area contributed by atoms with Gasteiger partial charge in [-0.3, -0.25) is 0 Å². The van der Waals surface area contributed by atoms with Crippen molar-refractivity contribution in [1.82, 2.24) is 0 Å². The number of hydrogen-bond donors (Lipinski definition) is 1. The number of fused-ring (bicyclic) bond motifs is 1. The lowest BCUT2D eigenvalue weighted by Crippen LogP contribution is -2.28. The summed E-state index contributed by atoms with van der Waals surface area (Å²) >= 11 is 0. The molecule has 1 aromatic carbocycles. The molecule has 1 aromatic rings. The maximum atomic E-state index is 6.04. The largest absolute Gasteiger partial charge is 0.467 e. The lowest BCUT2D eigenvalue weighted by Gasteiger charge is -2.34. The van der Waals surface area contributed by atoms with Crippen LogP contribution in [0.2, 0.25) is 0 Å². The normalized spacial score (nSPS) is 24.5. The molecule has 25 heavy (non-hydrogen) atoms. The van der Waals surface area contributed by atoms with Crippen LogP contribution in [0.3, 0.4) is 0 Å². The zero-order valence-electron chi connectivity index (χ0n) is 16.9. The third-order valence-electron chi connectivity index (χ3n) is 5.91. The fraction of sp³-hybridized carbons (Fsp3) is 0.565. The first-order valence-corrected chi connectivity index (χ1v) is 9.46. The van der Waals surface area contributed by atoms with Gasteiger partial charge in [0.05, 0.1) is 5.70 Å². The third-order valence-corrected chi connectivity index (χ3v) is 5.91. The molecular weight excluding hydrogens is 306 g/mol. The number of hydrogen-bond acceptors (Lipinski definition) is 2. The first-order chi connectivity index (χ1) is 11.5. The van der Waals surface area contributed by atoms with E-state index in [4.69, 9.17) is 4.74 Å². The van der Waals surface area contributed by atoms with E-state index < -0.39 is 0 Å². The minimum absolute atomic E-state index is 0.113. The Morgan fingerprint density at radius 1 is 1.00 bits per heavy atom. The molecule has 1 aliphatic heterocycles. The molecule has 0 fully saturated rings. The van der Waals surface area contributed by atoms with Crippen molar-refractivity contribution in [3.05, 3.63) is 53.6 Å². The van der Waals surface area contributed by atoms with Gasteiger partial charge in [-0.25, -0.2) is 0 Å². The van der Waals surface area contributed by atoms with Crippen molar-refractivity contribution in [2.75, 3.05) is 5.32 Å². The van der Waals surface area contributed by atoms with Gasteiger partial charge in [-0.1, -0.05) is 60.6 Å². The monoisotopic (exact) mass is 339 g/mol. The average molecular weight is 340 g/mol. The fourth-order valence-electron chi connectivity index (χ4n) is 3.75. The van der Waals surface area contributed by atoms with Gasteiger partial charge >= 0.3 is 0 Å². The van der Waals surface area contributed by atoms with Crippen molar-refractivity contribution >= 4 is 5.69 Å². The van der Waals surface area contributed by atoms with E-state index in [1.165, 1.54) is 12.0 Å². The van der Waals surface area contributed by atoms with Crippen LogP contribution in [0.1, 0.15) is 66.9 Å². The summed E-state index contributed by atoms with van der Waals surface area (Å²) < 4.78 is 6.04. The Balaban J connectivity index is 1.84. The van der Waals surface area contributed by atoms with Gasteiger partial charge in [-0.15, -0.1) is 0 Å². The Labute approximate surface area is 153 Å². The molecule has 0 amide bonds. The van der Waals surface area contributed by atoms with Crippen LogP contribution in [0.4, 0.5) is 5.69 Å². The van der Waals surface area contributed by atoms with Crippen molar-refractivity contribution in [2.24, 2.45) is 16.7 Å². The standard InChI is InChI=1S/C23H33NO/c1-21(2,3)16-8-10-17(11-9-16)24-19-15-25-20-14-18(19)22(4,5)12-13-23(20,6)7/h8-11,14-15,18,24H,12-13H2,1-7H3. The molecule has 2 bridgehead atoms. The van der Waals surface area contributed by atoms with E-state index in [1.807, 2.05) is 6.26 Å². The van der Waals surface area contributed by atoms with Gasteiger partial charge in [0.15, 0.2) is 0 Å². The molecule has 136 valence electrons. The van der Waals surface area contributed by atoms with Crippen LogP contribution in [-0.2, 0) is 10.2 Å². The van der Waals surface area contributed by atoms with Crippen LogP contribution in [0.5, 0.6) is 0 Å². The van der Waals surface area contributed by atoms with Crippen molar-refractivity contribution in [1.29, 1.82) is 0 Å². The smallest absolute Gasteiger partial charge is 0.110 e. The molecule has 1 unspecified atom stereocenters. The second-order valence-corrected chi connectivity index (χ2v) is 10.0. The molecule has 2 aliphatic rings. The molecule has 1 N–H and O–H groups in total. The van der Waals surface area contributed by atoms with E-state index >= 15 is 0 Å². The highest BCUT2D eigenvalue weighted by Crippen LogP contribution is 2.50. The Morgan fingerprint density at radius 2 is 1.64 bits per heavy atom. The van der Waals surface area contributed by atoms with Gasteiger partial charge in [-0.2, -0.15) is 0 Å². The van der Waals surface area contributed by atoms with Crippen LogP contribution < -0.4 is 5.32 Å². The molecule has 0 saturated heterocycles. The first-order valence-electron chi connectivity index (χ1n) is 9.46. The molecule has 2 nitrogen and oxygen atoms in total. The summed E-state index contributed by atoms with van der Waals surface area (Å²) in [5.41, 5.74) is 4.15. The van der Waals surface area contributed by atoms with Crippen molar-refractivity contribution < 1.29 is 4.74 Å². The van der Waals surface area contributed by atoms with Crippen LogP contribution in [0.25, 0.3) is 0 Å². The number of ether oxygens (including phenoxy) is 1. The SMILES string of the molecule is CC1(C)CCC(C)(C)C2C=C1OC=C2Nc1ccc(C(C)(C)C)cc1. The van der Waals surface area contributed by atoms with Crippen LogP contribution in [0.15, 0.2) is 48.1 Å². The van der Waals surface area contributed by atoms with Gasteiger partial charge < -0.3 is 10.1 Å². The Morgan fingerprint density at radius 3 is 2.24 bits per heavy atom. The number of anilines is 1. The molecule has 3 rings (SSSR count). The van der Waals surface area contributed by atoms with E-state index in [0.717, 1.165) is 23.6 Å². The fourth-order valence-corrected chi connectivity index (χ4v) is 3.75. The highest BCUT2D eigenvalue weighted by Gasteiger charge is 2.41. The number of allylic oxidation sites excluding steroid dienone is 2. The minimum Gasteiger partial charge on any atom is -0.467 e. The molecule has 1 atom stereocenters. The second-order valence-electron chi connectivity index (χ2n) is 10.0. The van der Waals surface area contributed by atoms with Crippen molar-refractivity contribution in [3.63, 3.8) is 0 Å².